The van der Waals surface area contributed by atoms with Crippen LogP contribution in [0.15, 0.2) is 73.1 Å². The summed E-state index contributed by atoms with van der Waals surface area (Å²) in [6.07, 6.45) is 3.92. The highest BCUT2D eigenvalue weighted by Gasteiger charge is 2.23. The van der Waals surface area contributed by atoms with Crippen LogP contribution in [0.25, 0.3) is 0 Å². The Hall–Kier alpha value is -3.01. The highest BCUT2D eigenvalue weighted by molar-refractivity contribution is 5.97. The van der Waals surface area contributed by atoms with Crippen molar-refractivity contribution in [2.75, 3.05) is 0 Å². The summed E-state index contributed by atoms with van der Waals surface area (Å²) >= 11 is 0. The van der Waals surface area contributed by atoms with E-state index in [0.29, 0.717) is 12.0 Å². The van der Waals surface area contributed by atoms with Crippen LogP contribution in [-0.2, 0) is 0 Å². The fourth-order valence-electron chi connectivity index (χ4n) is 3.26. The van der Waals surface area contributed by atoms with E-state index >= 15 is 0 Å². The third kappa shape index (κ3) is 4.59. The van der Waals surface area contributed by atoms with Crippen LogP contribution in [0.1, 0.15) is 65.1 Å². The van der Waals surface area contributed by atoms with Gasteiger partial charge >= 0.3 is 0 Å². The van der Waals surface area contributed by atoms with E-state index in [0.717, 1.165) is 11.4 Å². The molecule has 0 unspecified atom stereocenters. The Kier molecular flexibility index (Phi) is 5.97. The number of Topliss-reactive ketones (excluding diaryl/α,β-unsaturated/α-hetero) is 1. The Bertz CT molecular complexity index is 898. The van der Waals surface area contributed by atoms with Crippen LogP contribution in [0.3, 0.4) is 0 Å². The minimum atomic E-state index is -0.172. The zero-order valence-electron chi connectivity index (χ0n) is 15.7. The van der Waals surface area contributed by atoms with E-state index in [4.69, 9.17) is 0 Å². The molecule has 0 radical (unpaired) electrons. The standard InChI is InChI=1S/C23H24N2O2/c1-17(2)23-24-13-14-25(23)22(27)16-20(18-9-5-3-6-10-18)15-21(26)19-11-7-4-8-12-19/h3-14,17,20H,15-16H2,1-2H3/t20-/m1/s1. The molecule has 0 aliphatic rings. The maximum atomic E-state index is 12.9. The summed E-state index contributed by atoms with van der Waals surface area (Å²) in [5.74, 6) is 0.748. The molecule has 3 rings (SSSR count). The lowest BCUT2D eigenvalue weighted by atomic mass is 9.88. The van der Waals surface area contributed by atoms with E-state index in [1.807, 2.05) is 74.5 Å². The van der Waals surface area contributed by atoms with Crippen molar-refractivity contribution in [2.45, 2.75) is 38.5 Å². The van der Waals surface area contributed by atoms with Crippen molar-refractivity contribution < 1.29 is 9.59 Å². The Morgan fingerprint density at radius 2 is 1.56 bits per heavy atom. The predicted molar refractivity (Wildman–Crippen MR) is 106 cm³/mol. The van der Waals surface area contributed by atoms with Crippen LogP contribution in [0.4, 0.5) is 0 Å². The normalized spacial score (nSPS) is 12.1. The van der Waals surface area contributed by atoms with Gasteiger partial charge in [0.1, 0.15) is 5.82 Å². The highest BCUT2D eigenvalue weighted by Crippen LogP contribution is 2.27. The van der Waals surface area contributed by atoms with Crippen LogP contribution in [-0.4, -0.2) is 21.2 Å². The molecule has 4 nitrogen and oxygen atoms in total. The number of benzene rings is 2. The van der Waals surface area contributed by atoms with Gasteiger partial charge in [0.2, 0.25) is 5.91 Å². The molecule has 0 aliphatic carbocycles. The average Bonchev–Trinajstić information content (AvgIpc) is 3.19. The molecule has 3 aromatic rings. The first-order valence-electron chi connectivity index (χ1n) is 9.26. The summed E-state index contributed by atoms with van der Waals surface area (Å²) in [6, 6.07) is 19.0. The maximum absolute atomic E-state index is 12.9. The van der Waals surface area contributed by atoms with Gasteiger partial charge < -0.3 is 0 Å². The molecule has 1 aromatic heterocycles. The molecule has 0 fully saturated rings. The van der Waals surface area contributed by atoms with Gasteiger partial charge in [-0.05, 0) is 11.5 Å². The fourth-order valence-corrected chi connectivity index (χ4v) is 3.26. The third-order valence-corrected chi connectivity index (χ3v) is 4.67. The molecule has 0 saturated carbocycles. The summed E-state index contributed by atoms with van der Waals surface area (Å²) in [6.45, 7) is 4.03. The van der Waals surface area contributed by atoms with E-state index in [9.17, 15) is 9.59 Å². The maximum Gasteiger partial charge on any atom is 0.232 e. The van der Waals surface area contributed by atoms with Gasteiger partial charge in [-0.15, -0.1) is 0 Å². The molecule has 0 spiro atoms. The van der Waals surface area contributed by atoms with E-state index in [1.165, 1.54) is 0 Å². The second kappa shape index (κ2) is 8.58. The van der Waals surface area contributed by atoms with Gasteiger partial charge in [0.15, 0.2) is 5.78 Å². The minimum Gasteiger partial charge on any atom is -0.294 e. The lowest BCUT2D eigenvalue weighted by Gasteiger charge is -2.17. The van der Waals surface area contributed by atoms with Crippen molar-refractivity contribution in [3.05, 3.63) is 90.0 Å². The molecule has 0 amide bonds. The summed E-state index contributed by atoms with van der Waals surface area (Å²) in [4.78, 5) is 30.0. The number of ketones is 1. The molecular formula is C23H24N2O2. The van der Waals surface area contributed by atoms with Gasteiger partial charge in [0, 0.05) is 36.7 Å². The number of hydrogen-bond acceptors (Lipinski definition) is 3. The zero-order valence-corrected chi connectivity index (χ0v) is 15.7. The quantitative estimate of drug-likeness (QED) is 0.551. The predicted octanol–water partition coefficient (Wildman–Crippen LogP) is 5.09. The lowest BCUT2D eigenvalue weighted by Crippen LogP contribution is -2.19. The van der Waals surface area contributed by atoms with Crippen LogP contribution < -0.4 is 0 Å². The van der Waals surface area contributed by atoms with Crippen LogP contribution in [0.2, 0.25) is 0 Å². The van der Waals surface area contributed by atoms with Crippen LogP contribution in [0.5, 0.6) is 0 Å². The highest BCUT2D eigenvalue weighted by atomic mass is 16.2. The van der Waals surface area contributed by atoms with Crippen molar-refractivity contribution in [3.8, 4) is 0 Å². The zero-order chi connectivity index (χ0) is 19.2. The number of carbonyl (C=O) groups is 2. The number of aromatic nitrogens is 2. The van der Waals surface area contributed by atoms with Crippen LogP contribution >= 0.6 is 0 Å². The summed E-state index contributed by atoms with van der Waals surface area (Å²) in [7, 11) is 0. The monoisotopic (exact) mass is 360 g/mol. The van der Waals surface area contributed by atoms with Crippen molar-refractivity contribution >= 4 is 11.7 Å². The van der Waals surface area contributed by atoms with Gasteiger partial charge in [0.25, 0.3) is 0 Å². The number of hydrogen-bond donors (Lipinski definition) is 0. The van der Waals surface area contributed by atoms with Crippen molar-refractivity contribution in [1.29, 1.82) is 0 Å². The molecular weight excluding hydrogens is 336 g/mol. The lowest BCUT2D eigenvalue weighted by molar-refractivity contribution is 0.0878. The van der Waals surface area contributed by atoms with Crippen molar-refractivity contribution in [3.63, 3.8) is 0 Å². The average molecular weight is 360 g/mol. The first kappa shape index (κ1) is 18.8. The fraction of sp³-hybridized carbons (Fsp3) is 0.261. The largest absolute Gasteiger partial charge is 0.294 e. The van der Waals surface area contributed by atoms with E-state index < -0.39 is 0 Å². The second-order valence-corrected chi connectivity index (χ2v) is 7.01. The van der Waals surface area contributed by atoms with E-state index in [2.05, 4.69) is 4.98 Å². The molecule has 1 atom stereocenters. The molecule has 138 valence electrons. The Morgan fingerprint density at radius 3 is 2.19 bits per heavy atom. The van der Waals surface area contributed by atoms with Gasteiger partial charge in [0.05, 0.1) is 0 Å². The molecule has 2 aromatic carbocycles. The summed E-state index contributed by atoms with van der Waals surface area (Å²) in [5, 5.41) is 0. The number of carbonyl (C=O) groups excluding carboxylic acids is 2. The Balaban J connectivity index is 1.83. The van der Waals surface area contributed by atoms with Crippen molar-refractivity contribution in [1.82, 2.24) is 9.55 Å². The SMILES string of the molecule is CC(C)c1nccn1C(=O)C[C@@H](CC(=O)c1ccccc1)c1ccccc1. The summed E-state index contributed by atoms with van der Waals surface area (Å²) in [5.41, 5.74) is 1.68. The van der Waals surface area contributed by atoms with E-state index in [-0.39, 0.29) is 29.9 Å². The molecule has 0 bridgehead atoms. The second-order valence-electron chi connectivity index (χ2n) is 7.01. The molecule has 0 saturated heterocycles. The number of imidazole rings is 1. The van der Waals surface area contributed by atoms with Crippen molar-refractivity contribution in [2.24, 2.45) is 0 Å². The van der Waals surface area contributed by atoms with Gasteiger partial charge in [-0.3, -0.25) is 14.2 Å². The summed E-state index contributed by atoms with van der Waals surface area (Å²) < 4.78 is 1.62. The first-order chi connectivity index (χ1) is 13.1. The molecule has 1 heterocycles. The smallest absolute Gasteiger partial charge is 0.232 e. The van der Waals surface area contributed by atoms with Crippen LogP contribution in [0, 0.1) is 0 Å². The third-order valence-electron chi connectivity index (χ3n) is 4.67. The molecule has 4 heteroatoms. The topological polar surface area (TPSA) is 52.0 Å². The van der Waals surface area contributed by atoms with E-state index in [1.54, 1.807) is 17.0 Å². The number of rotatable bonds is 7. The molecule has 0 N–H and O–H groups in total. The molecule has 27 heavy (non-hydrogen) atoms. The first-order valence-corrected chi connectivity index (χ1v) is 9.26. The van der Waals surface area contributed by atoms with Gasteiger partial charge in [-0.25, -0.2) is 4.98 Å². The number of nitrogens with zero attached hydrogens (tertiary/aromatic N) is 2. The van der Waals surface area contributed by atoms with Gasteiger partial charge in [-0.2, -0.15) is 0 Å². The molecule has 0 aliphatic heterocycles. The Morgan fingerprint density at radius 1 is 0.926 bits per heavy atom. The minimum absolute atomic E-state index is 0.0362. The van der Waals surface area contributed by atoms with Gasteiger partial charge in [-0.1, -0.05) is 74.5 Å². The Labute approximate surface area is 159 Å².